The van der Waals surface area contributed by atoms with Crippen LogP contribution in [0.2, 0.25) is 0 Å². The molecule has 0 aliphatic carbocycles. The molecule has 0 spiro atoms. The number of carbonyl (C=O) groups is 2. The van der Waals surface area contributed by atoms with Gasteiger partial charge in [-0.1, -0.05) is 29.8 Å². The summed E-state index contributed by atoms with van der Waals surface area (Å²) in [5.41, 5.74) is 2.15. The van der Waals surface area contributed by atoms with E-state index in [0.717, 1.165) is 24.8 Å². The lowest BCUT2D eigenvalue weighted by atomic mass is 9.97. The normalized spacial score (nSPS) is 17.1. The number of rotatable bonds is 7. The maximum Gasteiger partial charge on any atom is 0.303 e. The minimum absolute atomic E-state index is 0.0371. The van der Waals surface area contributed by atoms with Crippen molar-refractivity contribution in [3.8, 4) is 11.3 Å². The Kier molecular flexibility index (Phi) is 6.27. The lowest BCUT2D eigenvalue weighted by Gasteiger charge is -2.35. The number of aliphatic carboxylic acids is 1. The second kappa shape index (κ2) is 8.84. The molecule has 6 nitrogen and oxygen atoms in total. The molecule has 27 heavy (non-hydrogen) atoms. The minimum atomic E-state index is -0.809. The van der Waals surface area contributed by atoms with Crippen molar-refractivity contribution in [1.29, 1.82) is 0 Å². The first-order chi connectivity index (χ1) is 13.0. The molecule has 1 aromatic carbocycles. The van der Waals surface area contributed by atoms with Gasteiger partial charge in [-0.25, -0.2) is 4.98 Å². The van der Waals surface area contributed by atoms with Crippen molar-refractivity contribution >= 4 is 11.9 Å². The van der Waals surface area contributed by atoms with E-state index >= 15 is 0 Å². The van der Waals surface area contributed by atoms with E-state index in [9.17, 15) is 9.59 Å². The number of piperidine rings is 1. The van der Waals surface area contributed by atoms with Gasteiger partial charge in [0.1, 0.15) is 0 Å². The fraction of sp³-hybridized carbons (Fsp3) is 0.476. The van der Waals surface area contributed by atoms with E-state index in [-0.39, 0.29) is 18.4 Å². The molecule has 144 valence electrons. The lowest BCUT2D eigenvalue weighted by Crippen LogP contribution is -2.44. The number of carboxylic acid groups (broad SMARTS) is 1. The summed E-state index contributed by atoms with van der Waals surface area (Å²) in [5.74, 6) is 0.504. The molecule has 0 radical (unpaired) electrons. The van der Waals surface area contributed by atoms with Gasteiger partial charge in [0, 0.05) is 37.4 Å². The molecule has 0 unspecified atom stereocenters. The fourth-order valence-electron chi connectivity index (χ4n) is 3.55. The zero-order valence-electron chi connectivity index (χ0n) is 15.7. The van der Waals surface area contributed by atoms with E-state index in [2.05, 4.69) is 4.98 Å². The second-order valence-electron chi connectivity index (χ2n) is 7.15. The van der Waals surface area contributed by atoms with Crippen LogP contribution in [0.4, 0.5) is 0 Å². The number of hydrogen-bond donors (Lipinski definition) is 1. The van der Waals surface area contributed by atoms with Crippen LogP contribution in [0.5, 0.6) is 0 Å². The van der Waals surface area contributed by atoms with Crippen LogP contribution in [-0.4, -0.2) is 39.5 Å². The van der Waals surface area contributed by atoms with Gasteiger partial charge in [0.15, 0.2) is 11.7 Å². The second-order valence-corrected chi connectivity index (χ2v) is 7.15. The summed E-state index contributed by atoms with van der Waals surface area (Å²) in [6, 6.07) is 8.07. The number of carboxylic acids is 1. The van der Waals surface area contributed by atoms with Crippen LogP contribution >= 0.6 is 0 Å². The number of nitrogens with zero attached hydrogens (tertiary/aromatic N) is 2. The maximum atomic E-state index is 12.6. The van der Waals surface area contributed by atoms with E-state index in [1.165, 1.54) is 5.56 Å². The average molecular weight is 370 g/mol. The highest BCUT2D eigenvalue weighted by atomic mass is 16.4. The van der Waals surface area contributed by atoms with Crippen molar-refractivity contribution < 1.29 is 19.1 Å². The van der Waals surface area contributed by atoms with E-state index < -0.39 is 5.97 Å². The predicted octanol–water partition coefficient (Wildman–Crippen LogP) is 3.83. The van der Waals surface area contributed by atoms with Crippen LogP contribution in [0.3, 0.4) is 0 Å². The van der Waals surface area contributed by atoms with Gasteiger partial charge in [-0.05, 0) is 32.6 Å². The van der Waals surface area contributed by atoms with Crippen LogP contribution in [0, 0.1) is 6.92 Å². The number of likely N-dealkylation sites (tertiary alicyclic amines) is 1. The molecule has 1 N–H and O–H groups in total. The zero-order valence-corrected chi connectivity index (χ0v) is 15.7. The van der Waals surface area contributed by atoms with Crippen molar-refractivity contribution in [3.63, 3.8) is 0 Å². The number of hydrogen-bond acceptors (Lipinski definition) is 4. The molecule has 1 aromatic heterocycles. The first kappa shape index (κ1) is 19.1. The van der Waals surface area contributed by atoms with Gasteiger partial charge in [-0.3, -0.25) is 9.59 Å². The molecule has 2 aromatic rings. The summed E-state index contributed by atoms with van der Waals surface area (Å²) in [6.07, 6.45) is 6.02. The Morgan fingerprint density at radius 2 is 2.00 bits per heavy atom. The number of aromatic nitrogens is 1. The Morgan fingerprint density at radius 3 is 2.74 bits per heavy atom. The Bertz CT molecular complexity index is 782. The topological polar surface area (TPSA) is 83.6 Å². The van der Waals surface area contributed by atoms with Crippen molar-refractivity contribution in [3.05, 3.63) is 41.9 Å². The molecule has 6 heteroatoms. The third kappa shape index (κ3) is 5.18. The molecule has 3 rings (SSSR count). The lowest BCUT2D eigenvalue weighted by molar-refractivity contribution is -0.140. The summed E-state index contributed by atoms with van der Waals surface area (Å²) in [6.45, 7) is 2.74. The maximum absolute atomic E-state index is 12.6. The number of benzene rings is 1. The van der Waals surface area contributed by atoms with Gasteiger partial charge in [-0.2, -0.15) is 0 Å². The van der Waals surface area contributed by atoms with Crippen LogP contribution in [0.15, 0.2) is 34.9 Å². The van der Waals surface area contributed by atoms with Crippen molar-refractivity contribution in [2.24, 2.45) is 0 Å². The molecule has 1 aliphatic heterocycles. The molecule has 0 bridgehead atoms. The molecule has 1 saturated heterocycles. The highest BCUT2D eigenvalue weighted by molar-refractivity contribution is 5.77. The van der Waals surface area contributed by atoms with Gasteiger partial charge >= 0.3 is 5.97 Å². The third-order valence-electron chi connectivity index (χ3n) is 5.08. The molecule has 0 saturated carbocycles. The summed E-state index contributed by atoms with van der Waals surface area (Å²) >= 11 is 0. The smallest absolute Gasteiger partial charge is 0.303 e. The van der Waals surface area contributed by atoms with Gasteiger partial charge in [-0.15, -0.1) is 0 Å². The molecule has 1 amide bonds. The fourth-order valence-corrected chi connectivity index (χ4v) is 3.55. The van der Waals surface area contributed by atoms with Gasteiger partial charge in [0.05, 0.1) is 6.20 Å². The Morgan fingerprint density at radius 1 is 1.22 bits per heavy atom. The van der Waals surface area contributed by atoms with Gasteiger partial charge in [0.25, 0.3) is 0 Å². The predicted molar refractivity (Wildman–Crippen MR) is 101 cm³/mol. The Balaban J connectivity index is 1.56. The van der Waals surface area contributed by atoms with Crippen LogP contribution < -0.4 is 0 Å². The molecule has 1 fully saturated rings. The first-order valence-electron chi connectivity index (χ1n) is 9.56. The SMILES string of the molecule is Cc1ccc(-c2cnc(CCC(=O)N3CCCC[C@H]3CCC(=O)O)o2)cc1. The summed E-state index contributed by atoms with van der Waals surface area (Å²) < 4.78 is 5.79. The number of carbonyl (C=O) groups excluding carboxylic acids is 1. The molecule has 1 atom stereocenters. The van der Waals surface area contributed by atoms with Crippen molar-refractivity contribution in [1.82, 2.24) is 9.88 Å². The van der Waals surface area contributed by atoms with Crippen LogP contribution in [0.25, 0.3) is 11.3 Å². The van der Waals surface area contributed by atoms with Crippen molar-refractivity contribution in [2.75, 3.05) is 6.54 Å². The molecule has 1 aliphatic rings. The summed E-state index contributed by atoms with van der Waals surface area (Å²) in [7, 11) is 0. The average Bonchev–Trinajstić information content (AvgIpc) is 3.14. The van der Waals surface area contributed by atoms with E-state index in [0.29, 0.717) is 37.5 Å². The number of amides is 1. The third-order valence-corrected chi connectivity index (χ3v) is 5.08. The standard InChI is InChI=1S/C21H26N2O4/c1-15-5-7-16(8-6-15)18-14-22-19(27-18)10-11-20(24)23-13-3-2-4-17(23)9-12-21(25)26/h5-8,14,17H,2-4,9-13H2,1H3,(H,25,26)/t17-/m0/s1. The Labute approximate surface area is 159 Å². The first-order valence-corrected chi connectivity index (χ1v) is 9.56. The summed E-state index contributed by atoms with van der Waals surface area (Å²) in [5, 5.41) is 8.91. The number of aryl methyl sites for hydroxylation is 2. The van der Waals surface area contributed by atoms with Gasteiger partial charge < -0.3 is 14.4 Å². The Hall–Kier alpha value is -2.63. The minimum Gasteiger partial charge on any atom is -0.481 e. The van der Waals surface area contributed by atoms with Gasteiger partial charge in [0.2, 0.25) is 5.91 Å². The largest absolute Gasteiger partial charge is 0.481 e. The highest BCUT2D eigenvalue weighted by Gasteiger charge is 2.27. The number of oxazole rings is 1. The van der Waals surface area contributed by atoms with Crippen LogP contribution in [0.1, 0.15) is 50.0 Å². The zero-order chi connectivity index (χ0) is 19.2. The van der Waals surface area contributed by atoms with E-state index in [1.807, 2.05) is 36.1 Å². The quantitative estimate of drug-likeness (QED) is 0.801. The van der Waals surface area contributed by atoms with Crippen LogP contribution in [-0.2, 0) is 16.0 Å². The van der Waals surface area contributed by atoms with Crippen molar-refractivity contribution in [2.45, 2.75) is 57.9 Å². The summed E-state index contributed by atoms with van der Waals surface area (Å²) in [4.78, 5) is 29.6. The molecule has 2 heterocycles. The highest BCUT2D eigenvalue weighted by Crippen LogP contribution is 2.24. The van der Waals surface area contributed by atoms with E-state index in [4.69, 9.17) is 9.52 Å². The monoisotopic (exact) mass is 370 g/mol. The molecular weight excluding hydrogens is 344 g/mol. The van der Waals surface area contributed by atoms with E-state index in [1.54, 1.807) is 6.20 Å². The molecular formula is C21H26N2O4.